The number of hydrazine groups is 1. The Labute approximate surface area is 98.3 Å². The summed E-state index contributed by atoms with van der Waals surface area (Å²) in [5.74, 6) is 7.09. The van der Waals surface area contributed by atoms with Crippen molar-refractivity contribution < 1.29 is 0 Å². The van der Waals surface area contributed by atoms with E-state index in [-0.39, 0.29) is 6.04 Å². The average Bonchev–Trinajstić information content (AvgIpc) is 2.76. The van der Waals surface area contributed by atoms with Crippen LogP contribution in [0.4, 0.5) is 11.8 Å². The first-order chi connectivity index (χ1) is 8.20. The summed E-state index contributed by atoms with van der Waals surface area (Å²) < 4.78 is 1.85. The van der Waals surface area contributed by atoms with Gasteiger partial charge in [-0.3, -0.25) is 5.43 Å². The van der Waals surface area contributed by atoms with Crippen LogP contribution in [-0.2, 0) is 7.05 Å². The van der Waals surface area contributed by atoms with Crippen molar-refractivity contribution >= 4 is 11.8 Å². The van der Waals surface area contributed by atoms with Crippen LogP contribution in [0, 0.1) is 0 Å². The number of anilines is 2. The van der Waals surface area contributed by atoms with E-state index >= 15 is 0 Å². The average molecular weight is 234 g/mol. The number of nitrogen functional groups attached to an aromatic ring is 1. The molecular weight excluding hydrogens is 220 g/mol. The molecule has 2 aromatic rings. The molecule has 2 rings (SSSR count). The van der Waals surface area contributed by atoms with E-state index in [2.05, 4.69) is 30.9 Å². The van der Waals surface area contributed by atoms with Crippen molar-refractivity contribution in [3.63, 3.8) is 0 Å². The maximum Gasteiger partial charge on any atom is 0.239 e. The lowest BCUT2D eigenvalue weighted by atomic mass is 10.3. The lowest BCUT2D eigenvalue weighted by molar-refractivity contribution is 0.716. The molecule has 8 heteroatoms. The predicted octanol–water partition coefficient (Wildman–Crippen LogP) is 0.0638. The largest absolute Gasteiger partial charge is 0.360 e. The van der Waals surface area contributed by atoms with E-state index in [1.54, 1.807) is 18.6 Å². The summed E-state index contributed by atoms with van der Waals surface area (Å²) >= 11 is 0. The van der Waals surface area contributed by atoms with Gasteiger partial charge in [-0.25, -0.2) is 10.8 Å². The molecule has 2 aromatic heterocycles. The number of hydrogen-bond donors (Lipinski definition) is 3. The molecule has 4 N–H and O–H groups in total. The van der Waals surface area contributed by atoms with Gasteiger partial charge >= 0.3 is 0 Å². The van der Waals surface area contributed by atoms with Gasteiger partial charge in [-0.05, 0) is 13.0 Å². The number of nitrogens with two attached hydrogens (primary N) is 1. The van der Waals surface area contributed by atoms with Gasteiger partial charge in [0.05, 0.1) is 6.04 Å². The number of rotatable bonds is 4. The van der Waals surface area contributed by atoms with E-state index in [1.165, 1.54) is 0 Å². The monoisotopic (exact) mass is 234 g/mol. The molecule has 8 nitrogen and oxygen atoms in total. The molecule has 0 aliphatic rings. The van der Waals surface area contributed by atoms with Crippen LogP contribution >= 0.6 is 0 Å². The minimum absolute atomic E-state index is 0.0111. The van der Waals surface area contributed by atoms with Crippen molar-refractivity contribution in [2.24, 2.45) is 12.9 Å². The van der Waals surface area contributed by atoms with Crippen LogP contribution in [0.1, 0.15) is 18.8 Å². The van der Waals surface area contributed by atoms with Gasteiger partial charge in [0.1, 0.15) is 12.1 Å². The summed E-state index contributed by atoms with van der Waals surface area (Å²) in [6.45, 7) is 1.97. The van der Waals surface area contributed by atoms with E-state index in [9.17, 15) is 0 Å². The van der Waals surface area contributed by atoms with E-state index in [1.807, 2.05) is 18.5 Å². The summed E-state index contributed by atoms with van der Waals surface area (Å²) in [5.41, 5.74) is 2.39. The first kappa shape index (κ1) is 11.3. The fraction of sp³-hybridized carbons (Fsp3) is 0.333. The van der Waals surface area contributed by atoms with Gasteiger partial charge in [0.2, 0.25) is 5.95 Å². The standard InChI is InChI=1S/C9H14N8/c1-6(8-16-12-5-17(8)2)13-7-3-4-11-9(14-7)15-10/h3-6H,10H2,1-2H3,(H2,11,13,14,15). The lowest BCUT2D eigenvalue weighted by Crippen LogP contribution is -2.15. The Morgan fingerprint density at radius 3 is 2.94 bits per heavy atom. The zero-order chi connectivity index (χ0) is 12.3. The maximum absolute atomic E-state index is 5.24. The second-order valence-corrected chi connectivity index (χ2v) is 3.58. The molecule has 0 aromatic carbocycles. The molecule has 90 valence electrons. The lowest BCUT2D eigenvalue weighted by Gasteiger charge is -2.13. The molecule has 1 atom stereocenters. The molecule has 2 heterocycles. The quantitative estimate of drug-likeness (QED) is 0.507. The highest BCUT2D eigenvalue weighted by Crippen LogP contribution is 2.15. The summed E-state index contributed by atoms with van der Waals surface area (Å²) in [7, 11) is 1.89. The van der Waals surface area contributed by atoms with E-state index < -0.39 is 0 Å². The Morgan fingerprint density at radius 2 is 2.29 bits per heavy atom. The Hall–Kier alpha value is -2.22. The third-order valence-corrected chi connectivity index (χ3v) is 2.28. The van der Waals surface area contributed by atoms with Gasteiger partial charge in [-0.1, -0.05) is 0 Å². The minimum atomic E-state index is -0.0111. The van der Waals surface area contributed by atoms with E-state index in [0.717, 1.165) is 5.82 Å². The first-order valence-corrected chi connectivity index (χ1v) is 5.11. The van der Waals surface area contributed by atoms with Gasteiger partial charge in [0.15, 0.2) is 5.82 Å². The molecule has 0 spiro atoms. The second kappa shape index (κ2) is 4.74. The molecule has 0 aliphatic carbocycles. The third-order valence-electron chi connectivity index (χ3n) is 2.28. The van der Waals surface area contributed by atoms with Gasteiger partial charge in [0.25, 0.3) is 0 Å². The van der Waals surface area contributed by atoms with Crippen molar-refractivity contribution in [2.45, 2.75) is 13.0 Å². The van der Waals surface area contributed by atoms with Crippen LogP contribution in [0.15, 0.2) is 18.6 Å². The molecule has 0 aliphatic heterocycles. The van der Waals surface area contributed by atoms with Crippen LogP contribution in [0.3, 0.4) is 0 Å². The van der Waals surface area contributed by atoms with Gasteiger partial charge < -0.3 is 9.88 Å². The van der Waals surface area contributed by atoms with Crippen LogP contribution in [0.25, 0.3) is 0 Å². The van der Waals surface area contributed by atoms with Crippen LogP contribution in [-0.4, -0.2) is 24.7 Å². The molecule has 0 radical (unpaired) electrons. The maximum atomic E-state index is 5.24. The highest BCUT2D eigenvalue weighted by molar-refractivity contribution is 5.40. The Balaban J connectivity index is 2.13. The zero-order valence-electron chi connectivity index (χ0n) is 9.62. The molecule has 0 saturated heterocycles. The Bertz CT molecular complexity index is 493. The summed E-state index contributed by atoms with van der Waals surface area (Å²) in [6.07, 6.45) is 3.27. The summed E-state index contributed by atoms with van der Waals surface area (Å²) in [4.78, 5) is 8.08. The number of hydrogen-bond acceptors (Lipinski definition) is 7. The topological polar surface area (TPSA) is 107 Å². The van der Waals surface area contributed by atoms with E-state index in [0.29, 0.717) is 11.8 Å². The fourth-order valence-electron chi connectivity index (χ4n) is 1.48. The SMILES string of the molecule is CC(Nc1ccnc(NN)n1)c1nncn1C. The van der Waals surface area contributed by atoms with Gasteiger partial charge in [0, 0.05) is 13.2 Å². The number of aromatic nitrogens is 5. The highest BCUT2D eigenvalue weighted by Gasteiger charge is 2.11. The van der Waals surface area contributed by atoms with Crippen molar-refractivity contribution in [3.8, 4) is 0 Å². The number of aryl methyl sites for hydroxylation is 1. The van der Waals surface area contributed by atoms with Crippen LogP contribution in [0.5, 0.6) is 0 Å². The second-order valence-electron chi connectivity index (χ2n) is 3.58. The Morgan fingerprint density at radius 1 is 1.47 bits per heavy atom. The van der Waals surface area contributed by atoms with Gasteiger partial charge in [-0.15, -0.1) is 10.2 Å². The molecule has 0 fully saturated rings. The molecular formula is C9H14N8. The normalized spacial score (nSPS) is 12.2. The van der Waals surface area contributed by atoms with Crippen LogP contribution in [0.2, 0.25) is 0 Å². The van der Waals surface area contributed by atoms with Crippen molar-refractivity contribution in [1.29, 1.82) is 0 Å². The molecule has 0 bridgehead atoms. The molecule has 17 heavy (non-hydrogen) atoms. The van der Waals surface area contributed by atoms with Crippen molar-refractivity contribution in [2.75, 3.05) is 10.7 Å². The highest BCUT2D eigenvalue weighted by atomic mass is 15.3. The number of nitrogens with zero attached hydrogens (tertiary/aromatic N) is 5. The smallest absolute Gasteiger partial charge is 0.239 e. The van der Waals surface area contributed by atoms with Crippen molar-refractivity contribution in [3.05, 3.63) is 24.4 Å². The Kier molecular flexibility index (Phi) is 3.15. The first-order valence-electron chi connectivity index (χ1n) is 5.11. The molecule has 0 saturated carbocycles. The molecule has 0 amide bonds. The van der Waals surface area contributed by atoms with Gasteiger partial charge in [-0.2, -0.15) is 4.98 Å². The van der Waals surface area contributed by atoms with Crippen molar-refractivity contribution in [1.82, 2.24) is 24.7 Å². The van der Waals surface area contributed by atoms with E-state index in [4.69, 9.17) is 5.84 Å². The minimum Gasteiger partial charge on any atom is -0.360 e. The predicted molar refractivity (Wildman–Crippen MR) is 62.9 cm³/mol. The molecule has 1 unspecified atom stereocenters. The summed E-state index contributed by atoms with van der Waals surface area (Å²) in [6, 6.07) is 1.75. The zero-order valence-corrected chi connectivity index (χ0v) is 9.62. The summed E-state index contributed by atoms with van der Waals surface area (Å²) in [5, 5.41) is 11.0. The number of nitrogens with one attached hydrogen (secondary N) is 2. The third kappa shape index (κ3) is 2.48. The fourth-order valence-corrected chi connectivity index (χ4v) is 1.48. The van der Waals surface area contributed by atoms with Crippen LogP contribution < -0.4 is 16.6 Å².